The van der Waals surface area contributed by atoms with Crippen molar-refractivity contribution in [3.05, 3.63) is 130 Å². The smallest absolute Gasteiger partial charge is 0.305 e. The van der Waals surface area contributed by atoms with Crippen LogP contribution in [0.25, 0.3) is 11.3 Å². The van der Waals surface area contributed by atoms with Crippen LogP contribution in [0.3, 0.4) is 0 Å². The number of rotatable bonds is 10. The third-order valence-electron chi connectivity index (χ3n) is 13.0. The molecule has 4 fully saturated rings. The first-order valence-electron chi connectivity index (χ1n) is 21.6. The molecule has 6 heterocycles. The van der Waals surface area contributed by atoms with Gasteiger partial charge in [0.05, 0.1) is 11.1 Å². The van der Waals surface area contributed by atoms with E-state index in [2.05, 4.69) is 78.9 Å². The van der Waals surface area contributed by atoms with Crippen LogP contribution < -0.4 is 10.6 Å². The van der Waals surface area contributed by atoms with E-state index in [1.54, 1.807) is 24.5 Å². The molecule has 0 bridgehead atoms. The molecule has 2 saturated heterocycles. The number of aromatic nitrogens is 6. The third-order valence-corrected chi connectivity index (χ3v) is 13.0. The molecule has 2 unspecified atom stereocenters. The molecule has 10 rings (SSSR count). The molecule has 16 heteroatoms. The molecule has 2 N–H and O–H groups in total. The van der Waals surface area contributed by atoms with E-state index in [4.69, 9.17) is 0 Å². The van der Waals surface area contributed by atoms with Gasteiger partial charge in [0.15, 0.2) is 11.3 Å². The van der Waals surface area contributed by atoms with Gasteiger partial charge in [-0.25, -0.2) is 0 Å². The van der Waals surface area contributed by atoms with Crippen molar-refractivity contribution in [2.75, 3.05) is 39.3 Å². The zero-order chi connectivity index (χ0) is 43.3. The van der Waals surface area contributed by atoms with Crippen molar-refractivity contribution in [1.29, 1.82) is 0 Å². The summed E-state index contributed by atoms with van der Waals surface area (Å²) in [6.07, 6.45) is 0.259. The summed E-state index contributed by atoms with van der Waals surface area (Å²) in [5, 5.41) is 23.2. The summed E-state index contributed by atoms with van der Waals surface area (Å²) in [4.78, 5) is 4.18. The average molecular weight is 859 g/mol. The van der Waals surface area contributed by atoms with Gasteiger partial charge in [-0.15, -0.1) is 20.4 Å². The van der Waals surface area contributed by atoms with Gasteiger partial charge >= 0.3 is 12.4 Å². The van der Waals surface area contributed by atoms with Crippen molar-refractivity contribution < 1.29 is 26.3 Å². The Labute approximate surface area is 356 Å². The number of benzene rings is 2. The van der Waals surface area contributed by atoms with Gasteiger partial charge in [-0.2, -0.15) is 26.3 Å². The number of hydrogen-bond donors (Lipinski definition) is 2. The van der Waals surface area contributed by atoms with Crippen LogP contribution in [-0.4, -0.2) is 78.3 Å². The molecule has 328 valence electrons. The maximum absolute atomic E-state index is 14.1. The number of fused-ring (bicyclic) bond motifs is 2. The zero-order valence-corrected chi connectivity index (χ0v) is 35.0. The summed E-state index contributed by atoms with van der Waals surface area (Å²) in [5.41, 5.74) is 0.659. The lowest BCUT2D eigenvalue weighted by molar-refractivity contribution is -0.138. The lowest BCUT2D eigenvalue weighted by Gasteiger charge is -2.42. The van der Waals surface area contributed by atoms with Gasteiger partial charge in [-0.3, -0.25) is 18.6 Å². The van der Waals surface area contributed by atoms with E-state index in [1.807, 2.05) is 36.4 Å². The summed E-state index contributed by atoms with van der Waals surface area (Å²) in [7, 11) is 0. The predicted molar refractivity (Wildman–Crippen MR) is 223 cm³/mol. The van der Waals surface area contributed by atoms with E-state index in [1.165, 1.54) is 8.80 Å². The lowest BCUT2D eigenvalue weighted by Crippen LogP contribution is -2.56. The lowest BCUT2D eigenvalue weighted by atomic mass is 9.89. The molecule has 2 aromatic carbocycles. The Hall–Kier alpha value is -4.90. The number of nitrogens with zero attached hydrogens (tertiary/aromatic N) is 8. The predicted octanol–water partition coefficient (Wildman–Crippen LogP) is 8.04. The van der Waals surface area contributed by atoms with E-state index in [-0.39, 0.29) is 46.6 Å². The van der Waals surface area contributed by atoms with Crippen molar-refractivity contribution in [3.8, 4) is 0 Å². The number of hydrogen-bond acceptors (Lipinski definition) is 8. The summed E-state index contributed by atoms with van der Waals surface area (Å²) < 4.78 is 87.8. The number of nitrogens with one attached hydrogen (secondary N) is 2. The van der Waals surface area contributed by atoms with Crippen LogP contribution in [0.2, 0.25) is 0 Å². The van der Waals surface area contributed by atoms with Crippen molar-refractivity contribution in [1.82, 2.24) is 49.6 Å². The second-order valence-electron chi connectivity index (χ2n) is 18.0. The maximum atomic E-state index is 14.1. The highest BCUT2D eigenvalue weighted by molar-refractivity contribution is 5.55. The van der Waals surface area contributed by atoms with Gasteiger partial charge in [-0.05, 0) is 85.8 Å². The normalized spacial score (nSPS) is 22.8. The van der Waals surface area contributed by atoms with Crippen LogP contribution in [0.4, 0.5) is 26.3 Å². The average Bonchev–Trinajstić information content (AvgIpc) is 4.17. The van der Waals surface area contributed by atoms with E-state index >= 15 is 0 Å². The molecule has 4 aromatic heterocycles. The Morgan fingerprint density at radius 1 is 0.565 bits per heavy atom. The minimum Gasteiger partial charge on any atom is -0.305 e. The highest BCUT2D eigenvalue weighted by atomic mass is 19.4. The van der Waals surface area contributed by atoms with Crippen LogP contribution >= 0.6 is 0 Å². The quantitative estimate of drug-likeness (QED) is 0.134. The Balaban J connectivity index is 0.000000158. The summed E-state index contributed by atoms with van der Waals surface area (Å²) >= 11 is 0. The van der Waals surface area contributed by atoms with Gasteiger partial charge in [0.1, 0.15) is 22.8 Å². The second kappa shape index (κ2) is 16.7. The third kappa shape index (κ3) is 9.10. The van der Waals surface area contributed by atoms with Crippen LogP contribution in [0.1, 0.15) is 84.6 Å². The Morgan fingerprint density at radius 3 is 1.31 bits per heavy atom. The molecule has 0 radical (unpaired) electrons. The molecule has 2 aliphatic carbocycles. The minimum absolute atomic E-state index is 0.0818. The first-order valence-corrected chi connectivity index (χ1v) is 21.6. The number of pyridine rings is 2. The Bertz CT molecular complexity index is 2320. The first kappa shape index (κ1) is 42.4. The van der Waals surface area contributed by atoms with Crippen LogP contribution in [0.15, 0.2) is 85.2 Å². The molecular formula is C46H52F6N10. The second-order valence-corrected chi connectivity index (χ2v) is 18.0. The Morgan fingerprint density at radius 2 is 0.952 bits per heavy atom. The van der Waals surface area contributed by atoms with Crippen molar-refractivity contribution in [2.45, 2.75) is 88.9 Å². The Kier molecular flexibility index (Phi) is 11.4. The molecule has 6 aromatic rings. The van der Waals surface area contributed by atoms with E-state index in [9.17, 15) is 26.3 Å². The topological polar surface area (TPSA) is 90.9 Å². The van der Waals surface area contributed by atoms with E-state index in [0.29, 0.717) is 75.6 Å². The maximum Gasteiger partial charge on any atom is 0.420 e. The van der Waals surface area contributed by atoms with E-state index in [0.717, 1.165) is 36.8 Å². The van der Waals surface area contributed by atoms with Crippen molar-refractivity contribution >= 4 is 11.3 Å². The fourth-order valence-corrected chi connectivity index (χ4v) is 9.30. The number of halogens is 6. The van der Waals surface area contributed by atoms with Crippen LogP contribution in [0.5, 0.6) is 0 Å². The minimum atomic E-state index is -4.49. The molecule has 0 amide bonds. The number of alkyl halides is 6. The van der Waals surface area contributed by atoms with Crippen molar-refractivity contribution in [3.63, 3.8) is 0 Å². The SMILES string of the molecule is CC1(c2ccccc2)CN(Cc2ccn3c(CC4CC4)nnc3c2C(F)(F)F)CCN1.CC1(c2ccccc2)CN(Cc2ccn3c(CC4CC4)nnc3c2C(F)(F)F)CCN1. The van der Waals surface area contributed by atoms with Crippen LogP contribution in [0, 0.1) is 11.8 Å². The van der Waals surface area contributed by atoms with Gasteiger partial charge in [-0.1, -0.05) is 60.7 Å². The van der Waals surface area contributed by atoms with Crippen LogP contribution in [-0.2, 0) is 49.4 Å². The fraction of sp³-hybridized carbons (Fsp3) is 0.478. The van der Waals surface area contributed by atoms with Gasteiger partial charge in [0.25, 0.3) is 0 Å². The molecule has 0 spiro atoms. The molecule has 10 nitrogen and oxygen atoms in total. The summed E-state index contributed by atoms with van der Waals surface area (Å²) in [6, 6.07) is 23.3. The fourth-order valence-electron chi connectivity index (χ4n) is 9.30. The number of piperazine rings is 2. The van der Waals surface area contributed by atoms with Gasteiger partial charge in [0.2, 0.25) is 0 Å². The first-order chi connectivity index (χ1) is 29.7. The van der Waals surface area contributed by atoms with Gasteiger partial charge in [0, 0.05) is 77.6 Å². The molecule has 62 heavy (non-hydrogen) atoms. The standard InChI is InChI=1S/2C23H26F3N5/c2*1-22(18-5-3-2-4-6-18)15-30(12-10-27-22)14-17-9-11-31-19(13-16-7-8-16)28-29-21(31)20(17)23(24,25)26/h2*2-6,9,11,16,27H,7-8,10,12-15H2,1H3. The largest absolute Gasteiger partial charge is 0.420 e. The molecule has 2 aliphatic heterocycles. The zero-order valence-electron chi connectivity index (χ0n) is 35.0. The highest BCUT2D eigenvalue weighted by Gasteiger charge is 2.41. The molecular weight excluding hydrogens is 807 g/mol. The summed E-state index contributed by atoms with van der Waals surface area (Å²) in [6.45, 7) is 8.70. The molecule has 2 saturated carbocycles. The van der Waals surface area contributed by atoms with Crippen molar-refractivity contribution in [2.24, 2.45) is 11.8 Å². The van der Waals surface area contributed by atoms with Gasteiger partial charge < -0.3 is 10.6 Å². The monoisotopic (exact) mass is 858 g/mol. The summed E-state index contributed by atoms with van der Waals surface area (Å²) in [5.74, 6) is 2.29. The molecule has 4 aliphatic rings. The van der Waals surface area contributed by atoms with E-state index < -0.39 is 23.5 Å². The molecule has 2 atom stereocenters. The highest BCUT2D eigenvalue weighted by Crippen LogP contribution is 2.39.